The zero-order chi connectivity index (χ0) is 22.7. The molecule has 0 amide bonds. The van der Waals surface area contributed by atoms with Crippen molar-refractivity contribution in [3.05, 3.63) is 77.5 Å². The van der Waals surface area contributed by atoms with Crippen LogP contribution in [0.3, 0.4) is 0 Å². The summed E-state index contributed by atoms with van der Waals surface area (Å²) in [5.41, 5.74) is 2.55. The zero-order valence-electron chi connectivity index (χ0n) is 17.1. The number of nitrogens with zero attached hydrogens (tertiary/aromatic N) is 3. The van der Waals surface area contributed by atoms with E-state index >= 15 is 0 Å². The fourth-order valence-corrected chi connectivity index (χ4v) is 3.69. The standard InChI is InChI=1S/C23H20ClFN4O3/c1-2-19(23(30)31)29-9-8-18-21(29)22(27-13-26-18)28-16-6-7-20(17(24)11-16)32-12-14-4-3-5-15(25)10-14/h3-11,13,19H,2,12H2,1H3,(H,30,31)(H,26,27,28). The van der Waals surface area contributed by atoms with E-state index in [1.807, 2.05) is 6.92 Å². The van der Waals surface area contributed by atoms with Gasteiger partial charge in [-0.05, 0) is 48.4 Å². The third kappa shape index (κ3) is 4.50. The van der Waals surface area contributed by atoms with Crippen molar-refractivity contribution in [2.24, 2.45) is 0 Å². The maximum Gasteiger partial charge on any atom is 0.326 e. The number of aromatic nitrogens is 3. The number of anilines is 2. The summed E-state index contributed by atoms with van der Waals surface area (Å²) >= 11 is 6.38. The van der Waals surface area contributed by atoms with Gasteiger partial charge in [-0.1, -0.05) is 30.7 Å². The Bertz CT molecular complexity index is 1280. The van der Waals surface area contributed by atoms with Crippen molar-refractivity contribution in [1.29, 1.82) is 0 Å². The molecule has 0 fully saturated rings. The highest BCUT2D eigenvalue weighted by Gasteiger charge is 2.21. The van der Waals surface area contributed by atoms with Crippen LogP contribution >= 0.6 is 11.6 Å². The molecular weight excluding hydrogens is 435 g/mol. The molecule has 0 saturated carbocycles. The molecule has 2 aromatic carbocycles. The van der Waals surface area contributed by atoms with E-state index in [-0.39, 0.29) is 12.4 Å². The second-order valence-corrected chi connectivity index (χ2v) is 7.54. The average molecular weight is 455 g/mol. The number of halogens is 2. The molecule has 1 unspecified atom stereocenters. The summed E-state index contributed by atoms with van der Waals surface area (Å²) in [6.45, 7) is 1.99. The number of hydrogen-bond acceptors (Lipinski definition) is 5. The molecule has 0 bridgehead atoms. The predicted octanol–water partition coefficient (Wildman–Crippen LogP) is 5.58. The van der Waals surface area contributed by atoms with Crippen LogP contribution in [0.2, 0.25) is 5.02 Å². The Morgan fingerprint density at radius 2 is 2.09 bits per heavy atom. The fraction of sp³-hybridized carbons (Fsp3) is 0.174. The fourth-order valence-electron chi connectivity index (χ4n) is 3.46. The quantitative estimate of drug-likeness (QED) is 0.361. The van der Waals surface area contributed by atoms with E-state index in [2.05, 4.69) is 15.3 Å². The first-order valence-corrected chi connectivity index (χ1v) is 10.3. The molecule has 0 aliphatic rings. The Kier molecular flexibility index (Phi) is 6.23. The summed E-state index contributed by atoms with van der Waals surface area (Å²) in [5.74, 6) is -0.340. The van der Waals surface area contributed by atoms with E-state index in [0.717, 1.165) is 0 Å². The topological polar surface area (TPSA) is 89.3 Å². The molecule has 2 aromatic heterocycles. The largest absolute Gasteiger partial charge is 0.487 e. The van der Waals surface area contributed by atoms with Crippen LogP contribution in [-0.4, -0.2) is 25.6 Å². The second-order valence-electron chi connectivity index (χ2n) is 7.13. The normalized spacial score (nSPS) is 12.0. The molecule has 0 aliphatic heterocycles. The third-order valence-electron chi connectivity index (χ3n) is 4.99. The van der Waals surface area contributed by atoms with Gasteiger partial charge < -0.3 is 19.7 Å². The van der Waals surface area contributed by atoms with E-state index in [9.17, 15) is 14.3 Å². The van der Waals surface area contributed by atoms with Crippen LogP contribution in [0.1, 0.15) is 24.9 Å². The second kappa shape index (κ2) is 9.23. The van der Waals surface area contributed by atoms with Gasteiger partial charge in [-0.25, -0.2) is 19.2 Å². The summed E-state index contributed by atoms with van der Waals surface area (Å²) in [4.78, 5) is 20.2. The van der Waals surface area contributed by atoms with Gasteiger partial charge >= 0.3 is 5.97 Å². The molecule has 2 heterocycles. The maximum atomic E-state index is 13.3. The van der Waals surface area contributed by atoms with Crippen LogP contribution in [0.15, 0.2) is 61.1 Å². The Hall–Kier alpha value is -3.65. The number of carboxylic acid groups (broad SMARTS) is 1. The van der Waals surface area contributed by atoms with Gasteiger partial charge in [0.25, 0.3) is 0 Å². The molecule has 0 aliphatic carbocycles. The highest BCUT2D eigenvalue weighted by molar-refractivity contribution is 6.32. The van der Waals surface area contributed by atoms with Crippen LogP contribution in [-0.2, 0) is 11.4 Å². The SMILES string of the molecule is CCC(C(=O)O)n1ccc2ncnc(Nc3ccc(OCc4cccc(F)c4)c(Cl)c3)c21. The molecule has 0 saturated heterocycles. The van der Waals surface area contributed by atoms with Crippen molar-refractivity contribution in [3.63, 3.8) is 0 Å². The van der Waals surface area contributed by atoms with Gasteiger partial charge in [0, 0.05) is 11.9 Å². The molecule has 4 aromatic rings. The molecule has 164 valence electrons. The molecular formula is C23H20ClFN4O3. The minimum absolute atomic E-state index is 0.178. The lowest BCUT2D eigenvalue weighted by molar-refractivity contribution is -0.140. The van der Waals surface area contributed by atoms with Crippen LogP contribution in [0.4, 0.5) is 15.9 Å². The molecule has 7 nitrogen and oxygen atoms in total. The van der Waals surface area contributed by atoms with Gasteiger partial charge in [0.2, 0.25) is 0 Å². The lowest BCUT2D eigenvalue weighted by Crippen LogP contribution is -2.18. The Balaban J connectivity index is 1.57. The van der Waals surface area contributed by atoms with E-state index < -0.39 is 12.0 Å². The smallest absolute Gasteiger partial charge is 0.326 e. The zero-order valence-corrected chi connectivity index (χ0v) is 17.9. The molecule has 4 rings (SSSR count). The molecule has 0 spiro atoms. The van der Waals surface area contributed by atoms with Crippen LogP contribution in [0.25, 0.3) is 11.0 Å². The number of carboxylic acids is 1. The third-order valence-corrected chi connectivity index (χ3v) is 5.28. The minimum atomic E-state index is -0.928. The summed E-state index contributed by atoms with van der Waals surface area (Å²) in [5, 5.41) is 13.1. The van der Waals surface area contributed by atoms with Crippen molar-refractivity contribution >= 4 is 40.1 Å². The van der Waals surface area contributed by atoms with Gasteiger partial charge in [0.15, 0.2) is 5.82 Å². The maximum absolute atomic E-state index is 13.3. The number of rotatable bonds is 8. The average Bonchev–Trinajstić information content (AvgIpc) is 3.18. The minimum Gasteiger partial charge on any atom is -0.487 e. The molecule has 0 radical (unpaired) electrons. The number of hydrogen-bond donors (Lipinski definition) is 2. The van der Waals surface area contributed by atoms with E-state index in [0.29, 0.717) is 45.3 Å². The number of aliphatic carboxylic acids is 1. The molecule has 32 heavy (non-hydrogen) atoms. The number of carbonyl (C=O) groups is 1. The summed E-state index contributed by atoms with van der Waals surface area (Å²) in [6.07, 6.45) is 3.52. The first kappa shape index (κ1) is 21.6. The number of nitrogens with one attached hydrogen (secondary N) is 1. The summed E-state index contributed by atoms with van der Waals surface area (Å²) < 4.78 is 20.7. The van der Waals surface area contributed by atoms with Crippen molar-refractivity contribution < 1.29 is 19.0 Å². The Morgan fingerprint density at radius 3 is 2.81 bits per heavy atom. The highest BCUT2D eigenvalue weighted by Crippen LogP contribution is 2.32. The number of fused-ring (bicyclic) bond motifs is 1. The highest BCUT2D eigenvalue weighted by atomic mass is 35.5. The van der Waals surface area contributed by atoms with Gasteiger partial charge in [-0.3, -0.25) is 0 Å². The van der Waals surface area contributed by atoms with Crippen LogP contribution < -0.4 is 10.1 Å². The Labute approximate surface area is 188 Å². The summed E-state index contributed by atoms with van der Waals surface area (Å²) in [7, 11) is 0. The van der Waals surface area contributed by atoms with Gasteiger partial charge in [0.1, 0.15) is 36.1 Å². The van der Waals surface area contributed by atoms with Gasteiger partial charge in [0.05, 0.1) is 10.5 Å². The monoisotopic (exact) mass is 454 g/mol. The lowest BCUT2D eigenvalue weighted by Gasteiger charge is -2.16. The number of ether oxygens (including phenoxy) is 1. The van der Waals surface area contributed by atoms with Crippen molar-refractivity contribution in [2.75, 3.05) is 5.32 Å². The summed E-state index contributed by atoms with van der Waals surface area (Å²) in [6, 6.07) is 12.3. The van der Waals surface area contributed by atoms with Gasteiger partial charge in [-0.15, -0.1) is 0 Å². The lowest BCUT2D eigenvalue weighted by atomic mass is 10.2. The van der Waals surface area contributed by atoms with E-state index in [1.165, 1.54) is 18.5 Å². The number of benzene rings is 2. The van der Waals surface area contributed by atoms with Crippen LogP contribution in [0, 0.1) is 5.82 Å². The Morgan fingerprint density at radius 1 is 1.25 bits per heavy atom. The van der Waals surface area contributed by atoms with Crippen molar-refractivity contribution in [2.45, 2.75) is 26.0 Å². The first-order chi connectivity index (χ1) is 15.5. The molecule has 1 atom stereocenters. The predicted molar refractivity (Wildman–Crippen MR) is 120 cm³/mol. The van der Waals surface area contributed by atoms with E-state index in [1.54, 1.807) is 47.2 Å². The first-order valence-electron chi connectivity index (χ1n) is 9.94. The van der Waals surface area contributed by atoms with Crippen molar-refractivity contribution in [1.82, 2.24) is 14.5 Å². The molecule has 2 N–H and O–H groups in total. The molecule has 9 heteroatoms. The van der Waals surface area contributed by atoms with Gasteiger partial charge in [-0.2, -0.15) is 0 Å². The van der Waals surface area contributed by atoms with Crippen molar-refractivity contribution in [3.8, 4) is 5.75 Å². The van der Waals surface area contributed by atoms with Crippen LogP contribution in [0.5, 0.6) is 5.75 Å². The van der Waals surface area contributed by atoms with E-state index in [4.69, 9.17) is 16.3 Å².